The van der Waals surface area contributed by atoms with E-state index in [2.05, 4.69) is 0 Å². The van der Waals surface area contributed by atoms with Crippen molar-refractivity contribution in [3.8, 4) is 5.75 Å². The van der Waals surface area contributed by atoms with Crippen LogP contribution >= 0.6 is 0 Å². The summed E-state index contributed by atoms with van der Waals surface area (Å²) in [5.41, 5.74) is 0.898. The van der Waals surface area contributed by atoms with Crippen LogP contribution in [0.1, 0.15) is 6.42 Å². The molecule has 0 aromatic heterocycles. The molecular formula is C17H16N2O4. The molecule has 1 saturated heterocycles. The van der Waals surface area contributed by atoms with Crippen molar-refractivity contribution >= 4 is 23.2 Å². The molecule has 23 heavy (non-hydrogen) atoms. The molecule has 1 aliphatic heterocycles. The fourth-order valence-electron chi connectivity index (χ4n) is 2.59. The van der Waals surface area contributed by atoms with Crippen molar-refractivity contribution in [3.63, 3.8) is 0 Å². The highest BCUT2D eigenvalue weighted by Gasteiger charge is 2.43. The Hall–Kier alpha value is -2.86. The van der Waals surface area contributed by atoms with Crippen molar-refractivity contribution < 1.29 is 19.5 Å². The Kier molecular flexibility index (Phi) is 3.99. The third-order valence-electron chi connectivity index (χ3n) is 3.75. The Bertz CT molecular complexity index is 732. The molecule has 1 N–H and O–H groups in total. The van der Waals surface area contributed by atoms with Crippen LogP contribution in [0.2, 0.25) is 0 Å². The lowest BCUT2D eigenvalue weighted by Crippen LogP contribution is -2.40. The predicted molar refractivity (Wildman–Crippen MR) is 84.6 cm³/mol. The number of imide groups is 1. The second-order valence-electron chi connectivity index (χ2n) is 5.17. The Morgan fingerprint density at radius 3 is 2.57 bits per heavy atom. The van der Waals surface area contributed by atoms with Crippen LogP contribution in [0.5, 0.6) is 5.75 Å². The van der Waals surface area contributed by atoms with E-state index < -0.39 is 11.9 Å². The molecule has 6 heteroatoms. The number of nitrogens with zero attached hydrogens (tertiary/aromatic N) is 2. The summed E-state index contributed by atoms with van der Waals surface area (Å²) in [6.07, 6.45) is -0.0819. The third-order valence-corrected chi connectivity index (χ3v) is 3.75. The molecule has 0 unspecified atom stereocenters. The maximum absolute atomic E-state index is 12.6. The zero-order valence-corrected chi connectivity index (χ0v) is 12.5. The van der Waals surface area contributed by atoms with E-state index >= 15 is 0 Å². The maximum Gasteiger partial charge on any atom is 0.259 e. The van der Waals surface area contributed by atoms with Gasteiger partial charge in [-0.15, -0.1) is 0 Å². The van der Waals surface area contributed by atoms with Crippen molar-refractivity contribution in [2.24, 2.45) is 0 Å². The van der Waals surface area contributed by atoms with Gasteiger partial charge in [0.15, 0.2) is 0 Å². The minimum absolute atomic E-state index is 0.0819. The van der Waals surface area contributed by atoms with Crippen LogP contribution < -0.4 is 14.7 Å². The summed E-state index contributed by atoms with van der Waals surface area (Å²) in [4.78, 5) is 25.9. The van der Waals surface area contributed by atoms with Gasteiger partial charge in [0.05, 0.1) is 24.9 Å². The van der Waals surface area contributed by atoms with Crippen molar-refractivity contribution in [1.29, 1.82) is 0 Å². The first-order valence-corrected chi connectivity index (χ1v) is 7.16. The molecule has 0 spiro atoms. The van der Waals surface area contributed by atoms with Gasteiger partial charge in [0, 0.05) is 6.07 Å². The van der Waals surface area contributed by atoms with Crippen molar-refractivity contribution in [2.45, 2.75) is 12.5 Å². The van der Waals surface area contributed by atoms with Crippen molar-refractivity contribution in [1.82, 2.24) is 0 Å². The monoisotopic (exact) mass is 312 g/mol. The molecule has 6 nitrogen and oxygen atoms in total. The van der Waals surface area contributed by atoms with E-state index in [9.17, 15) is 14.8 Å². The number of rotatable bonds is 4. The van der Waals surface area contributed by atoms with E-state index in [1.807, 2.05) is 6.07 Å². The molecule has 0 bridgehead atoms. The number of amides is 2. The molecule has 1 fully saturated rings. The number of carbonyl (C=O) groups is 2. The highest BCUT2D eigenvalue weighted by Crippen LogP contribution is 2.29. The molecule has 1 heterocycles. The predicted octanol–water partition coefficient (Wildman–Crippen LogP) is 2.22. The number of anilines is 2. The first-order valence-electron chi connectivity index (χ1n) is 7.16. The quantitative estimate of drug-likeness (QED) is 0.692. The van der Waals surface area contributed by atoms with E-state index in [-0.39, 0.29) is 12.3 Å². The number of ether oxygens (including phenoxy) is 1. The summed E-state index contributed by atoms with van der Waals surface area (Å²) in [5.74, 6) is -0.270. The number of hydroxylamine groups is 1. The Morgan fingerprint density at radius 2 is 1.87 bits per heavy atom. The first-order chi connectivity index (χ1) is 11.1. The molecule has 2 aromatic rings. The van der Waals surface area contributed by atoms with E-state index in [4.69, 9.17) is 4.74 Å². The lowest BCUT2D eigenvalue weighted by Gasteiger charge is -2.22. The number of carbonyl (C=O) groups excluding carboxylic acids is 2. The molecule has 2 aromatic carbocycles. The molecule has 0 saturated carbocycles. The van der Waals surface area contributed by atoms with Crippen LogP contribution in [0, 0.1) is 0 Å². The highest BCUT2D eigenvalue weighted by atomic mass is 16.5. The summed E-state index contributed by atoms with van der Waals surface area (Å²) in [6, 6.07) is 14.4. The summed E-state index contributed by atoms with van der Waals surface area (Å²) < 4.78 is 5.12. The van der Waals surface area contributed by atoms with Gasteiger partial charge >= 0.3 is 0 Å². The molecule has 0 radical (unpaired) electrons. The van der Waals surface area contributed by atoms with Gasteiger partial charge < -0.3 is 4.74 Å². The van der Waals surface area contributed by atoms with E-state index in [1.54, 1.807) is 48.5 Å². The minimum atomic E-state index is -0.934. The average molecular weight is 312 g/mol. The standard InChI is InChI=1S/C17H16N2O4/c1-23-14-9-5-8-13(10-14)18-16(20)11-15(17(18)21)19(22)12-6-3-2-4-7-12/h2-10,15,22H,11H2,1H3/t15-/m1/s1. The van der Waals surface area contributed by atoms with Crippen LogP contribution in [0.15, 0.2) is 54.6 Å². The zero-order valence-electron chi connectivity index (χ0n) is 12.5. The highest BCUT2D eigenvalue weighted by molar-refractivity contribution is 6.23. The molecule has 0 aliphatic carbocycles. The van der Waals surface area contributed by atoms with Crippen molar-refractivity contribution in [3.05, 3.63) is 54.6 Å². The SMILES string of the molecule is COc1cccc(N2C(=O)C[C@@H](N(O)c3ccccc3)C2=O)c1. The molecule has 1 atom stereocenters. The molecule has 118 valence electrons. The van der Waals surface area contributed by atoms with E-state index in [0.717, 1.165) is 9.96 Å². The Morgan fingerprint density at radius 1 is 1.13 bits per heavy atom. The van der Waals surface area contributed by atoms with Gasteiger partial charge in [-0.05, 0) is 24.3 Å². The second-order valence-corrected chi connectivity index (χ2v) is 5.17. The molecule has 1 aliphatic rings. The second kappa shape index (κ2) is 6.10. The van der Waals surface area contributed by atoms with Gasteiger partial charge in [0.1, 0.15) is 11.8 Å². The third kappa shape index (κ3) is 2.76. The fourth-order valence-corrected chi connectivity index (χ4v) is 2.59. The van der Waals surface area contributed by atoms with Crippen molar-refractivity contribution in [2.75, 3.05) is 17.1 Å². The van der Waals surface area contributed by atoms with Crippen LogP contribution in [0.25, 0.3) is 0 Å². The van der Waals surface area contributed by atoms with E-state index in [1.165, 1.54) is 7.11 Å². The number of para-hydroxylation sites is 1. The van der Waals surface area contributed by atoms with Crippen LogP contribution in [0.4, 0.5) is 11.4 Å². The van der Waals surface area contributed by atoms with Crippen LogP contribution in [-0.2, 0) is 9.59 Å². The summed E-state index contributed by atoms with van der Waals surface area (Å²) in [7, 11) is 1.51. The van der Waals surface area contributed by atoms with Gasteiger partial charge in [0.2, 0.25) is 5.91 Å². The van der Waals surface area contributed by atoms with Gasteiger partial charge in [-0.3, -0.25) is 14.8 Å². The Balaban J connectivity index is 1.88. The van der Waals surface area contributed by atoms with Crippen LogP contribution in [-0.4, -0.2) is 30.2 Å². The summed E-state index contributed by atoms with van der Waals surface area (Å²) >= 11 is 0. The summed E-state index contributed by atoms with van der Waals surface area (Å²) in [5, 5.41) is 11.1. The zero-order chi connectivity index (χ0) is 16.4. The average Bonchev–Trinajstić information content (AvgIpc) is 2.89. The number of benzene rings is 2. The fraction of sp³-hybridized carbons (Fsp3) is 0.176. The lowest BCUT2D eigenvalue weighted by atomic mass is 10.2. The topological polar surface area (TPSA) is 70.1 Å². The minimum Gasteiger partial charge on any atom is -0.497 e. The number of hydrogen-bond acceptors (Lipinski definition) is 5. The maximum atomic E-state index is 12.6. The first kappa shape index (κ1) is 15.1. The largest absolute Gasteiger partial charge is 0.497 e. The van der Waals surface area contributed by atoms with Gasteiger partial charge in [-0.25, -0.2) is 9.96 Å². The van der Waals surface area contributed by atoms with Gasteiger partial charge in [-0.1, -0.05) is 24.3 Å². The Labute approximate surface area is 133 Å². The smallest absolute Gasteiger partial charge is 0.259 e. The number of hydrogen-bond donors (Lipinski definition) is 1. The normalized spacial score (nSPS) is 17.5. The van der Waals surface area contributed by atoms with E-state index in [0.29, 0.717) is 17.1 Å². The number of methoxy groups -OCH3 is 1. The molecule has 3 rings (SSSR count). The molecular weight excluding hydrogens is 296 g/mol. The van der Waals surface area contributed by atoms with Gasteiger partial charge in [0.25, 0.3) is 5.91 Å². The molecule has 2 amide bonds. The van der Waals surface area contributed by atoms with Gasteiger partial charge in [-0.2, -0.15) is 0 Å². The summed E-state index contributed by atoms with van der Waals surface area (Å²) in [6.45, 7) is 0. The van der Waals surface area contributed by atoms with Crippen LogP contribution in [0.3, 0.4) is 0 Å². The lowest BCUT2D eigenvalue weighted by molar-refractivity contribution is -0.121.